The highest BCUT2D eigenvalue weighted by Crippen LogP contribution is 2.05. The summed E-state index contributed by atoms with van der Waals surface area (Å²) in [6, 6.07) is 0. The summed E-state index contributed by atoms with van der Waals surface area (Å²) >= 11 is 0. The van der Waals surface area contributed by atoms with Gasteiger partial charge >= 0.3 is 6.09 Å². The van der Waals surface area contributed by atoms with Gasteiger partial charge in [-0.3, -0.25) is 4.79 Å². The average Bonchev–Trinajstić information content (AvgIpc) is 2.33. The molecule has 1 rings (SSSR count). The van der Waals surface area contributed by atoms with E-state index in [1.54, 1.807) is 13.8 Å². The van der Waals surface area contributed by atoms with Crippen LogP contribution in [0.3, 0.4) is 0 Å². The molecule has 0 aromatic rings. The summed E-state index contributed by atoms with van der Waals surface area (Å²) in [4.78, 5) is 23.2. The molecule has 0 spiro atoms. The Morgan fingerprint density at radius 1 is 1.58 bits per heavy atom. The van der Waals surface area contributed by atoms with Gasteiger partial charge in [0.2, 0.25) is 0 Å². The lowest BCUT2D eigenvalue weighted by Gasteiger charge is -2.06. The minimum atomic E-state index is -0.544. The van der Waals surface area contributed by atoms with Crippen molar-refractivity contribution in [2.24, 2.45) is 0 Å². The minimum Gasteiger partial charge on any atom is -0.447 e. The van der Waals surface area contributed by atoms with E-state index in [4.69, 9.17) is 0 Å². The first kappa shape index (κ1) is 8.77. The van der Waals surface area contributed by atoms with E-state index in [0.717, 1.165) is 10.5 Å². The van der Waals surface area contributed by atoms with Crippen LogP contribution in [0, 0.1) is 0 Å². The maximum absolute atomic E-state index is 11.2. The van der Waals surface area contributed by atoms with Crippen LogP contribution in [0.5, 0.6) is 0 Å². The maximum atomic E-state index is 11.2. The van der Waals surface area contributed by atoms with Crippen molar-refractivity contribution in [2.75, 3.05) is 13.2 Å². The maximum Gasteiger partial charge on any atom is 0.416 e. The third-order valence-electron chi connectivity index (χ3n) is 1.44. The first-order valence-corrected chi connectivity index (χ1v) is 3.74. The highest BCUT2D eigenvalue weighted by molar-refractivity contribution is 5.99. The number of ether oxygens (including phenoxy) is 1. The molecule has 0 aromatic carbocycles. The van der Waals surface area contributed by atoms with Gasteiger partial charge in [-0.1, -0.05) is 5.57 Å². The van der Waals surface area contributed by atoms with Crippen molar-refractivity contribution in [1.29, 1.82) is 0 Å². The standard InChI is InChI=1S/C8H11NO3/c1-6(2)5-7(10)9-3-4-12-8(9)11/h5H,3-4H2,1-2H3. The lowest BCUT2D eigenvalue weighted by Crippen LogP contribution is -2.30. The third-order valence-corrected chi connectivity index (χ3v) is 1.44. The lowest BCUT2D eigenvalue weighted by atomic mass is 10.3. The predicted octanol–water partition coefficient (Wildman–Crippen LogP) is 0.931. The van der Waals surface area contributed by atoms with E-state index in [2.05, 4.69) is 4.74 Å². The Hall–Kier alpha value is -1.32. The first-order valence-electron chi connectivity index (χ1n) is 3.74. The predicted molar refractivity (Wildman–Crippen MR) is 42.5 cm³/mol. The van der Waals surface area contributed by atoms with E-state index in [0.29, 0.717) is 13.2 Å². The summed E-state index contributed by atoms with van der Waals surface area (Å²) in [7, 11) is 0. The van der Waals surface area contributed by atoms with Crippen molar-refractivity contribution in [3.63, 3.8) is 0 Å². The summed E-state index contributed by atoms with van der Waals surface area (Å²) in [5.74, 6) is -0.294. The fraction of sp³-hybridized carbons (Fsp3) is 0.500. The van der Waals surface area contributed by atoms with E-state index in [1.807, 2.05) is 0 Å². The number of carbonyl (C=O) groups excluding carboxylic acids is 2. The van der Waals surface area contributed by atoms with Gasteiger partial charge in [-0.25, -0.2) is 9.69 Å². The van der Waals surface area contributed by atoms with Gasteiger partial charge in [0, 0.05) is 6.08 Å². The monoisotopic (exact) mass is 169 g/mol. The molecule has 0 unspecified atom stereocenters. The molecule has 2 amide bonds. The van der Waals surface area contributed by atoms with Crippen LogP contribution in [0.2, 0.25) is 0 Å². The van der Waals surface area contributed by atoms with Crippen molar-refractivity contribution in [1.82, 2.24) is 4.90 Å². The smallest absolute Gasteiger partial charge is 0.416 e. The van der Waals surface area contributed by atoms with Crippen LogP contribution in [0.4, 0.5) is 4.79 Å². The Balaban J connectivity index is 2.64. The van der Waals surface area contributed by atoms with Crippen LogP contribution >= 0.6 is 0 Å². The SMILES string of the molecule is CC(C)=CC(=O)N1CCOC1=O. The number of rotatable bonds is 1. The molecule has 0 aliphatic carbocycles. The highest BCUT2D eigenvalue weighted by atomic mass is 16.6. The largest absolute Gasteiger partial charge is 0.447 e. The summed E-state index contributed by atoms with van der Waals surface area (Å²) in [5, 5.41) is 0. The molecule has 0 aromatic heterocycles. The highest BCUT2D eigenvalue weighted by Gasteiger charge is 2.26. The zero-order valence-corrected chi connectivity index (χ0v) is 7.16. The van der Waals surface area contributed by atoms with Crippen LogP contribution in [-0.2, 0) is 9.53 Å². The second-order valence-corrected chi connectivity index (χ2v) is 2.83. The molecule has 1 aliphatic rings. The zero-order valence-electron chi connectivity index (χ0n) is 7.16. The number of carbonyl (C=O) groups is 2. The van der Waals surface area contributed by atoms with Crippen molar-refractivity contribution in [2.45, 2.75) is 13.8 Å². The summed E-state index contributed by atoms with van der Waals surface area (Å²) in [6.07, 6.45) is 0.879. The Morgan fingerprint density at radius 2 is 2.25 bits per heavy atom. The number of hydrogen-bond acceptors (Lipinski definition) is 3. The molecule has 4 nitrogen and oxygen atoms in total. The van der Waals surface area contributed by atoms with Crippen LogP contribution in [0.15, 0.2) is 11.6 Å². The molecule has 1 saturated heterocycles. The van der Waals surface area contributed by atoms with Crippen molar-refractivity contribution >= 4 is 12.0 Å². The number of cyclic esters (lactones) is 1. The Labute approximate surface area is 70.8 Å². The van der Waals surface area contributed by atoms with Gasteiger partial charge < -0.3 is 4.74 Å². The Kier molecular flexibility index (Phi) is 2.47. The van der Waals surface area contributed by atoms with E-state index < -0.39 is 6.09 Å². The number of hydrogen-bond donors (Lipinski definition) is 0. The van der Waals surface area contributed by atoms with Gasteiger partial charge in [-0.15, -0.1) is 0 Å². The average molecular weight is 169 g/mol. The molecule has 0 radical (unpaired) electrons. The number of allylic oxidation sites excluding steroid dienone is 1. The molecule has 1 heterocycles. The van der Waals surface area contributed by atoms with E-state index in [1.165, 1.54) is 6.08 Å². The normalized spacial score (nSPS) is 15.8. The Morgan fingerprint density at radius 3 is 2.67 bits per heavy atom. The lowest BCUT2D eigenvalue weighted by molar-refractivity contribution is -0.122. The number of amides is 2. The fourth-order valence-corrected chi connectivity index (χ4v) is 0.918. The summed E-state index contributed by atoms with van der Waals surface area (Å²) in [5.41, 5.74) is 0.875. The number of imide groups is 1. The molecule has 12 heavy (non-hydrogen) atoms. The molecule has 4 heteroatoms. The van der Waals surface area contributed by atoms with Crippen LogP contribution in [0.1, 0.15) is 13.8 Å². The zero-order chi connectivity index (χ0) is 9.14. The van der Waals surface area contributed by atoms with Crippen LogP contribution in [0.25, 0.3) is 0 Å². The van der Waals surface area contributed by atoms with Gasteiger partial charge in [0.25, 0.3) is 5.91 Å². The minimum absolute atomic E-state index is 0.294. The molecule has 1 fully saturated rings. The van der Waals surface area contributed by atoms with Gasteiger partial charge in [0.1, 0.15) is 6.61 Å². The van der Waals surface area contributed by atoms with Gasteiger partial charge in [0.05, 0.1) is 6.54 Å². The van der Waals surface area contributed by atoms with E-state index in [9.17, 15) is 9.59 Å². The molecule has 0 bridgehead atoms. The van der Waals surface area contributed by atoms with E-state index in [-0.39, 0.29) is 5.91 Å². The van der Waals surface area contributed by atoms with Gasteiger partial charge in [0.15, 0.2) is 0 Å². The fourth-order valence-electron chi connectivity index (χ4n) is 0.918. The van der Waals surface area contributed by atoms with Crippen molar-refractivity contribution < 1.29 is 14.3 Å². The summed E-state index contributed by atoms with van der Waals surface area (Å²) in [6.45, 7) is 4.28. The summed E-state index contributed by atoms with van der Waals surface area (Å²) < 4.78 is 4.61. The first-order chi connectivity index (χ1) is 5.61. The van der Waals surface area contributed by atoms with Crippen molar-refractivity contribution in [3.8, 4) is 0 Å². The molecular weight excluding hydrogens is 158 g/mol. The van der Waals surface area contributed by atoms with Gasteiger partial charge in [-0.2, -0.15) is 0 Å². The van der Waals surface area contributed by atoms with E-state index >= 15 is 0 Å². The van der Waals surface area contributed by atoms with Crippen LogP contribution < -0.4 is 0 Å². The quantitative estimate of drug-likeness (QED) is 0.548. The second kappa shape index (κ2) is 3.38. The van der Waals surface area contributed by atoms with Crippen LogP contribution in [-0.4, -0.2) is 30.1 Å². The van der Waals surface area contributed by atoms with Gasteiger partial charge in [-0.05, 0) is 13.8 Å². The molecule has 1 aliphatic heterocycles. The molecule has 0 atom stereocenters. The molecular formula is C8H11NO3. The molecule has 0 saturated carbocycles. The topological polar surface area (TPSA) is 46.6 Å². The number of nitrogens with zero attached hydrogens (tertiary/aromatic N) is 1. The second-order valence-electron chi connectivity index (χ2n) is 2.83. The Bertz CT molecular complexity index is 241. The molecule has 0 N–H and O–H groups in total. The third kappa shape index (κ3) is 1.84. The van der Waals surface area contributed by atoms with Crippen molar-refractivity contribution in [3.05, 3.63) is 11.6 Å². The molecule has 66 valence electrons.